The number of esters is 1. The summed E-state index contributed by atoms with van der Waals surface area (Å²) < 4.78 is 10.8. The van der Waals surface area contributed by atoms with Crippen molar-refractivity contribution in [1.29, 1.82) is 0 Å². The van der Waals surface area contributed by atoms with Crippen molar-refractivity contribution < 1.29 is 14.3 Å². The number of benzene rings is 1. The van der Waals surface area contributed by atoms with Crippen LogP contribution in [-0.2, 0) is 14.3 Å². The fourth-order valence-electron chi connectivity index (χ4n) is 2.02. The molecule has 1 aliphatic heterocycles. The second kappa shape index (κ2) is 7.56. The van der Waals surface area contributed by atoms with Crippen molar-refractivity contribution in [2.75, 3.05) is 19.0 Å². The Kier molecular flexibility index (Phi) is 5.73. The van der Waals surface area contributed by atoms with Crippen LogP contribution in [0.15, 0.2) is 29.2 Å². The van der Waals surface area contributed by atoms with Crippen LogP contribution in [0.2, 0.25) is 0 Å². The minimum absolute atomic E-state index is 0.0983. The van der Waals surface area contributed by atoms with Gasteiger partial charge in [0, 0.05) is 11.5 Å². The molecule has 1 heterocycles. The van der Waals surface area contributed by atoms with E-state index in [9.17, 15) is 4.79 Å². The first-order chi connectivity index (χ1) is 9.25. The summed E-state index contributed by atoms with van der Waals surface area (Å²) in [6, 6.07) is 8.05. The van der Waals surface area contributed by atoms with Crippen molar-refractivity contribution >= 4 is 17.7 Å². The van der Waals surface area contributed by atoms with Crippen LogP contribution in [0.3, 0.4) is 0 Å². The SMILES string of the molecule is Cc1ccccc1SCC(=O)OCC1CCCCO1. The normalized spacial score (nSPS) is 19.1. The van der Waals surface area contributed by atoms with Crippen molar-refractivity contribution in [2.45, 2.75) is 37.2 Å². The molecule has 1 fully saturated rings. The molecule has 19 heavy (non-hydrogen) atoms. The smallest absolute Gasteiger partial charge is 0.316 e. The van der Waals surface area contributed by atoms with E-state index in [4.69, 9.17) is 9.47 Å². The number of carbonyl (C=O) groups is 1. The molecule has 0 spiro atoms. The number of thioether (sulfide) groups is 1. The van der Waals surface area contributed by atoms with Crippen LogP contribution in [0.4, 0.5) is 0 Å². The van der Waals surface area contributed by atoms with E-state index in [2.05, 4.69) is 0 Å². The maximum atomic E-state index is 11.7. The summed E-state index contributed by atoms with van der Waals surface area (Å²) in [4.78, 5) is 12.8. The summed E-state index contributed by atoms with van der Waals surface area (Å²) in [5, 5.41) is 0. The van der Waals surface area contributed by atoms with Gasteiger partial charge in [0.1, 0.15) is 6.61 Å². The van der Waals surface area contributed by atoms with Gasteiger partial charge in [-0.15, -0.1) is 11.8 Å². The zero-order chi connectivity index (χ0) is 13.5. The molecule has 3 nitrogen and oxygen atoms in total. The van der Waals surface area contributed by atoms with Gasteiger partial charge >= 0.3 is 5.97 Å². The Bertz CT molecular complexity index is 414. The Labute approximate surface area is 118 Å². The third-order valence-electron chi connectivity index (χ3n) is 3.14. The van der Waals surface area contributed by atoms with Gasteiger partial charge < -0.3 is 9.47 Å². The predicted octanol–water partition coefficient (Wildman–Crippen LogP) is 3.20. The van der Waals surface area contributed by atoms with Crippen molar-refractivity contribution in [3.05, 3.63) is 29.8 Å². The van der Waals surface area contributed by atoms with E-state index >= 15 is 0 Å². The lowest BCUT2D eigenvalue weighted by Crippen LogP contribution is -2.26. The first-order valence-electron chi connectivity index (χ1n) is 6.71. The molecule has 1 aromatic carbocycles. The first kappa shape index (κ1) is 14.4. The monoisotopic (exact) mass is 280 g/mol. The number of hydrogen-bond acceptors (Lipinski definition) is 4. The molecule has 1 atom stereocenters. The van der Waals surface area contributed by atoms with E-state index in [-0.39, 0.29) is 12.1 Å². The number of rotatable bonds is 5. The van der Waals surface area contributed by atoms with E-state index < -0.39 is 0 Å². The molecule has 1 saturated heterocycles. The third kappa shape index (κ3) is 4.88. The number of aryl methyl sites for hydroxylation is 1. The van der Waals surface area contributed by atoms with E-state index in [0.29, 0.717) is 12.4 Å². The highest BCUT2D eigenvalue weighted by molar-refractivity contribution is 8.00. The number of ether oxygens (including phenoxy) is 2. The van der Waals surface area contributed by atoms with Crippen LogP contribution in [0, 0.1) is 6.92 Å². The predicted molar refractivity (Wildman–Crippen MR) is 76.5 cm³/mol. The molecular weight excluding hydrogens is 260 g/mol. The Hall–Kier alpha value is -1.00. The molecule has 0 amide bonds. The fraction of sp³-hybridized carbons (Fsp3) is 0.533. The number of hydrogen-bond donors (Lipinski definition) is 0. The summed E-state index contributed by atoms with van der Waals surface area (Å²) in [7, 11) is 0. The van der Waals surface area contributed by atoms with Crippen LogP contribution in [0.5, 0.6) is 0 Å². The van der Waals surface area contributed by atoms with Gasteiger partial charge in [-0.05, 0) is 37.8 Å². The minimum Gasteiger partial charge on any atom is -0.462 e. The quantitative estimate of drug-likeness (QED) is 0.613. The Morgan fingerprint density at radius 1 is 1.42 bits per heavy atom. The van der Waals surface area contributed by atoms with Crippen molar-refractivity contribution in [2.24, 2.45) is 0 Å². The third-order valence-corrected chi connectivity index (χ3v) is 4.29. The molecule has 1 aromatic rings. The molecule has 0 aliphatic carbocycles. The summed E-state index contributed by atoms with van der Waals surface area (Å²) >= 11 is 1.53. The molecule has 2 rings (SSSR count). The number of carbonyl (C=O) groups excluding carboxylic acids is 1. The average molecular weight is 280 g/mol. The van der Waals surface area contributed by atoms with Crippen LogP contribution in [0.1, 0.15) is 24.8 Å². The van der Waals surface area contributed by atoms with Gasteiger partial charge in [-0.2, -0.15) is 0 Å². The van der Waals surface area contributed by atoms with Gasteiger partial charge in [0.15, 0.2) is 0 Å². The van der Waals surface area contributed by atoms with Crippen molar-refractivity contribution in [3.8, 4) is 0 Å². The van der Waals surface area contributed by atoms with Gasteiger partial charge in [-0.1, -0.05) is 18.2 Å². The van der Waals surface area contributed by atoms with Crippen LogP contribution < -0.4 is 0 Å². The lowest BCUT2D eigenvalue weighted by atomic mass is 10.1. The van der Waals surface area contributed by atoms with Gasteiger partial charge in [0.2, 0.25) is 0 Å². The van der Waals surface area contributed by atoms with E-state index in [0.717, 1.165) is 24.3 Å². The van der Waals surface area contributed by atoms with Crippen molar-refractivity contribution in [1.82, 2.24) is 0 Å². The van der Waals surface area contributed by atoms with Crippen LogP contribution >= 0.6 is 11.8 Å². The Balaban J connectivity index is 1.68. The standard InChI is InChI=1S/C15H20O3S/c1-12-6-2-3-8-14(12)19-11-15(16)18-10-13-7-4-5-9-17-13/h2-3,6,8,13H,4-5,7,9-11H2,1H3. The molecule has 1 aliphatic rings. The largest absolute Gasteiger partial charge is 0.462 e. The fourth-order valence-corrected chi connectivity index (χ4v) is 2.85. The summed E-state index contributed by atoms with van der Waals surface area (Å²) in [6.07, 6.45) is 3.38. The van der Waals surface area contributed by atoms with Gasteiger partial charge in [0.25, 0.3) is 0 Å². The molecular formula is C15H20O3S. The zero-order valence-electron chi connectivity index (χ0n) is 11.3. The Morgan fingerprint density at radius 2 is 2.26 bits per heavy atom. The molecule has 0 radical (unpaired) electrons. The molecule has 4 heteroatoms. The topological polar surface area (TPSA) is 35.5 Å². The summed E-state index contributed by atoms with van der Waals surface area (Å²) in [5.41, 5.74) is 1.19. The molecule has 0 aromatic heterocycles. The maximum Gasteiger partial charge on any atom is 0.316 e. The summed E-state index contributed by atoms with van der Waals surface area (Å²) in [6.45, 7) is 3.23. The van der Waals surface area contributed by atoms with Gasteiger partial charge in [0.05, 0.1) is 11.9 Å². The van der Waals surface area contributed by atoms with Crippen LogP contribution in [0.25, 0.3) is 0 Å². The van der Waals surface area contributed by atoms with E-state index in [1.165, 1.54) is 23.7 Å². The zero-order valence-corrected chi connectivity index (χ0v) is 12.1. The van der Waals surface area contributed by atoms with E-state index in [1.807, 2.05) is 31.2 Å². The molecule has 1 unspecified atom stereocenters. The highest BCUT2D eigenvalue weighted by Crippen LogP contribution is 2.22. The average Bonchev–Trinajstić information content (AvgIpc) is 2.45. The maximum absolute atomic E-state index is 11.7. The second-order valence-electron chi connectivity index (χ2n) is 4.73. The van der Waals surface area contributed by atoms with Crippen LogP contribution in [-0.4, -0.2) is 31.0 Å². The molecule has 0 N–H and O–H groups in total. The summed E-state index contributed by atoms with van der Waals surface area (Å²) in [5.74, 6) is 0.194. The molecule has 0 saturated carbocycles. The second-order valence-corrected chi connectivity index (χ2v) is 5.74. The lowest BCUT2D eigenvalue weighted by Gasteiger charge is -2.22. The Morgan fingerprint density at radius 3 is 3.00 bits per heavy atom. The van der Waals surface area contributed by atoms with Gasteiger partial charge in [-0.3, -0.25) is 4.79 Å². The minimum atomic E-state index is -0.164. The van der Waals surface area contributed by atoms with Gasteiger partial charge in [-0.25, -0.2) is 0 Å². The molecule has 0 bridgehead atoms. The lowest BCUT2D eigenvalue weighted by molar-refractivity contribution is -0.145. The highest BCUT2D eigenvalue weighted by atomic mass is 32.2. The highest BCUT2D eigenvalue weighted by Gasteiger charge is 2.16. The van der Waals surface area contributed by atoms with Crippen molar-refractivity contribution in [3.63, 3.8) is 0 Å². The van der Waals surface area contributed by atoms with E-state index in [1.54, 1.807) is 0 Å². The first-order valence-corrected chi connectivity index (χ1v) is 7.70. The molecule has 104 valence electrons.